The van der Waals surface area contributed by atoms with Crippen LogP contribution >= 0.6 is 24.8 Å². The molecule has 1 atom stereocenters. The highest BCUT2D eigenvalue weighted by molar-refractivity contribution is 7.81. The number of fused-ring (bicyclic) bond motifs is 1. The molecule has 2 aromatic rings. The summed E-state index contributed by atoms with van der Waals surface area (Å²) in [5.41, 5.74) is 4.54. The van der Waals surface area contributed by atoms with Gasteiger partial charge < -0.3 is 0 Å². The minimum absolute atomic E-state index is 0.171. The van der Waals surface area contributed by atoms with Crippen molar-refractivity contribution in [3.05, 3.63) is 65.4 Å². The van der Waals surface area contributed by atoms with Gasteiger partial charge in [-0.05, 0) is 103 Å². The zero-order chi connectivity index (χ0) is 21.8. The number of nitrogens with zero attached hydrogens (tertiary/aromatic N) is 1. The highest BCUT2D eigenvalue weighted by Crippen LogP contribution is 2.38. The summed E-state index contributed by atoms with van der Waals surface area (Å²) in [6.07, 6.45) is 11.0. The third-order valence-electron chi connectivity index (χ3n) is 6.45. The van der Waals surface area contributed by atoms with Gasteiger partial charge in [-0.1, -0.05) is 43.0 Å². The van der Waals surface area contributed by atoms with Crippen LogP contribution in [0.5, 0.6) is 0 Å². The summed E-state index contributed by atoms with van der Waals surface area (Å²) < 4.78 is -0.171. The first-order chi connectivity index (χ1) is 14.9. The minimum Gasteiger partial charge on any atom is -0.199 e. The first kappa shape index (κ1) is 22.1. The van der Waals surface area contributed by atoms with E-state index >= 15 is 0 Å². The van der Waals surface area contributed by atoms with Gasteiger partial charge >= 0.3 is 0 Å². The van der Waals surface area contributed by atoms with Crippen LogP contribution in [0.1, 0.15) is 63.5 Å². The number of rotatable bonds is 2. The largest absolute Gasteiger partial charge is 0.199 e. The van der Waals surface area contributed by atoms with Crippen molar-refractivity contribution in [2.24, 2.45) is 16.8 Å². The van der Waals surface area contributed by atoms with Gasteiger partial charge in [-0.15, -0.1) is 0 Å². The smallest absolute Gasteiger partial charge is 0.0637 e. The highest BCUT2D eigenvalue weighted by Gasteiger charge is 2.25. The molecule has 1 unspecified atom stereocenters. The Hall–Kier alpha value is -2.11. The van der Waals surface area contributed by atoms with Crippen molar-refractivity contribution in [2.75, 3.05) is 0 Å². The van der Waals surface area contributed by atoms with Gasteiger partial charge in [-0.25, -0.2) is 0 Å². The maximum atomic E-state index is 4.89. The molecular formula is C28H29NS2. The number of aliphatic imine (C=N–C) groups is 1. The molecule has 0 heterocycles. The lowest BCUT2D eigenvalue weighted by molar-refractivity contribution is 0.337. The first-order valence-electron chi connectivity index (χ1n) is 11.2. The summed E-state index contributed by atoms with van der Waals surface area (Å²) in [4.78, 5) is 4.20. The molecular weight excluding hydrogens is 414 g/mol. The summed E-state index contributed by atoms with van der Waals surface area (Å²) in [5, 5.41) is 4.96. The van der Waals surface area contributed by atoms with Crippen LogP contribution in [-0.2, 0) is 0 Å². The van der Waals surface area contributed by atoms with E-state index in [1.807, 2.05) is 6.08 Å². The number of benzene rings is 2. The molecule has 2 aliphatic rings. The van der Waals surface area contributed by atoms with E-state index in [9.17, 15) is 0 Å². The Morgan fingerprint density at radius 1 is 1.00 bits per heavy atom. The topological polar surface area (TPSA) is 12.4 Å². The van der Waals surface area contributed by atoms with Crippen LogP contribution in [0.2, 0.25) is 0 Å². The average molecular weight is 444 g/mol. The fraction of sp³-hybridized carbons (Fsp3) is 0.393. The number of hydrogen-bond donors (Lipinski definition) is 1. The van der Waals surface area contributed by atoms with Crippen molar-refractivity contribution in [3.8, 4) is 11.8 Å². The first-order valence-corrected chi connectivity index (χ1v) is 12.0. The molecule has 4 rings (SSSR count). The Morgan fingerprint density at radius 2 is 1.74 bits per heavy atom. The molecule has 0 aromatic heterocycles. The second-order valence-corrected chi connectivity index (χ2v) is 10.7. The van der Waals surface area contributed by atoms with Gasteiger partial charge in [0.2, 0.25) is 0 Å². The van der Waals surface area contributed by atoms with E-state index in [2.05, 4.69) is 78.3 Å². The molecule has 158 valence electrons. The second kappa shape index (κ2) is 9.58. The van der Waals surface area contributed by atoms with E-state index in [4.69, 9.17) is 24.8 Å². The number of thiocarbonyl (C=S) groups is 1. The van der Waals surface area contributed by atoms with Crippen LogP contribution in [0.3, 0.4) is 0 Å². The number of hydrogen-bond acceptors (Lipinski definition) is 3. The van der Waals surface area contributed by atoms with E-state index < -0.39 is 0 Å². The van der Waals surface area contributed by atoms with Crippen LogP contribution in [0, 0.1) is 23.7 Å². The zero-order valence-electron chi connectivity index (χ0n) is 18.3. The molecule has 3 heteroatoms. The summed E-state index contributed by atoms with van der Waals surface area (Å²) in [6.45, 7) is 4.51. The number of allylic oxidation sites excluding steroid dienone is 4. The number of thiol groups is 1. The van der Waals surface area contributed by atoms with E-state index in [1.165, 1.54) is 47.6 Å². The molecule has 0 saturated heterocycles. The summed E-state index contributed by atoms with van der Waals surface area (Å²) in [6, 6.07) is 13.3. The van der Waals surface area contributed by atoms with Crippen LogP contribution < -0.4 is 0 Å². The Bertz CT molecular complexity index is 1140. The molecule has 0 amide bonds. The van der Waals surface area contributed by atoms with Gasteiger partial charge in [-0.2, -0.15) is 17.6 Å². The summed E-state index contributed by atoms with van der Waals surface area (Å²) >= 11 is 9.67. The van der Waals surface area contributed by atoms with Gasteiger partial charge in [0.25, 0.3) is 0 Å². The van der Waals surface area contributed by atoms with E-state index in [0.717, 1.165) is 30.0 Å². The molecule has 0 aliphatic heterocycles. The minimum atomic E-state index is -0.171. The van der Waals surface area contributed by atoms with Crippen LogP contribution in [0.15, 0.2) is 59.2 Å². The monoisotopic (exact) mass is 443 g/mol. The molecule has 2 aliphatic carbocycles. The van der Waals surface area contributed by atoms with Crippen molar-refractivity contribution in [2.45, 2.75) is 57.1 Å². The highest BCUT2D eigenvalue weighted by atomic mass is 32.1. The summed E-state index contributed by atoms with van der Waals surface area (Å²) in [5.74, 6) is 8.38. The van der Waals surface area contributed by atoms with Crippen LogP contribution in [-0.4, -0.2) is 9.91 Å². The van der Waals surface area contributed by atoms with Crippen molar-refractivity contribution in [1.82, 2.24) is 0 Å². The molecule has 1 saturated carbocycles. The van der Waals surface area contributed by atoms with Crippen molar-refractivity contribution < 1.29 is 0 Å². The van der Waals surface area contributed by atoms with Crippen molar-refractivity contribution in [3.63, 3.8) is 0 Å². The van der Waals surface area contributed by atoms with E-state index in [-0.39, 0.29) is 4.75 Å². The van der Waals surface area contributed by atoms with Gasteiger partial charge in [0.1, 0.15) is 0 Å². The van der Waals surface area contributed by atoms with Crippen LogP contribution in [0.4, 0.5) is 0 Å². The lowest BCUT2D eigenvalue weighted by Crippen LogP contribution is -2.16. The lowest BCUT2D eigenvalue weighted by Gasteiger charge is -2.23. The van der Waals surface area contributed by atoms with Gasteiger partial charge in [0, 0.05) is 22.6 Å². The molecule has 1 fully saturated rings. The van der Waals surface area contributed by atoms with Gasteiger partial charge in [0.05, 0.1) is 10.9 Å². The van der Waals surface area contributed by atoms with E-state index in [1.54, 1.807) is 0 Å². The molecule has 0 spiro atoms. The predicted molar refractivity (Wildman–Crippen MR) is 140 cm³/mol. The zero-order valence-corrected chi connectivity index (χ0v) is 20.0. The lowest BCUT2D eigenvalue weighted by atomic mass is 9.83. The maximum absolute atomic E-state index is 4.89. The predicted octanol–water partition coefficient (Wildman–Crippen LogP) is 7.87. The Kier molecular flexibility index (Phi) is 6.83. The fourth-order valence-electron chi connectivity index (χ4n) is 4.62. The Morgan fingerprint density at radius 3 is 2.52 bits per heavy atom. The van der Waals surface area contributed by atoms with Crippen molar-refractivity contribution in [1.29, 1.82) is 0 Å². The average Bonchev–Trinajstić information content (AvgIpc) is 2.90. The third-order valence-corrected chi connectivity index (χ3v) is 6.85. The normalized spacial score (nSPS) is 26.0. The van der Waals surface area contributed by atoms with E-state index in [0.29, 0.717) is 5.92 Å². The fourth-order valence-corrected chi connectivity index (χ4v) is 5.07. The molecule has 2 aromatic carbocycles. The maximum Gasteiger partial charge on any atom is 0.0637 e. The Balaban J connectivity index is 1.58. The number of isothiocyanates is 1. The van der Waals surface area contributed by atoms with Gasteiger partial charge in [-0.3, -0.25) is 0 Å². The second-order valence-electron chi connectivity index (χ2n) is 9.41. The van der Waals surface area contributed by atoms with Gasteiger partial charge in [0.15, 0.2) is 0 Å². The Labute approximate surface area is 197 Å². The molecule has 1 nitrogen and oxygen atoms in total. The summed E-state index contributed by atoms with van der Waals surface area (Å²) in [7, 11) is 0. The molecule has 0 radical (unpaired) electrons. The van der Waals surface area contributed by atoms with Crippen molar-refractivity contribution >= 4 is 46.4 Å². The quantitative estimate of drug-likeness (QED) is 0.215. The third kappa shape index (κ3) is 5.78. The molecule has 0 N–H and O–H groups in total. The molecule has 0 bridgehead atoms. The van der Waals surface area contributed by atoms with Crippen LogP contribution in [0.25, 0.3) is 16.3 Å². The standard InChI is InChI=1S/C28H29NS2/c1-20-3-5-21(6-4-20)7-8-22-9-10-24-16-25(12-11-23(24)15-22)26-13-14-27(29-19-30)18-28(2,31)17-26/h9-16,20-21,31H,3-6,17-18H2,1-2H3. The molecule has 31 heavy (non-hydrogen) atoms. The SMILES string of the molecule is CC1CCC(C#Cc2ccc3cc(C4=CC=C(N=C=S)CC(C)(S)C4)ccc3c2)CC1.